The van der Waals surface area contributed by atoms with E-state index in [1.54, 1.807) is 16.7 Å². The molecule has 0 aliphatic carbocycles. The summed E-state index contributed by atoms with van der Waals surface area (Å²) in [6.45, 7) is 0.395. The van der Waals surface area contributed by atoms with Crippen LogP contribution in [0, 0.1) is 5.92 Å². The standard InChI is InChI=1S/C13H16N2O3S/c1-18-14-13(17)9-7-12(16)15(8-9)10-3-5-11(19-2)6-4-10/h3-6,9H,7-8H2,1-2H3,(H,14,17)/t9-/m0/s1. The molecule has 102 valence electrons. The predicted octanol–water partition coefficient (Wildman–Crippen LogP) is 1.44. The maximum atomic E-state index is 11.9. The Morgan fingerprint density at radius 1 is 1.42 bits per heavy atom. The fraction of sp³-hybridized carbons (Fsp3) is 0.385. The van der Waals surface area contributed by atoms with E-state index in [-0.39, 0.29) is 24.2 Å². The summed E-state index contributed by atoms with van der Waals surface area (Å²) in [5, 5.41) is 0. The van der Waals surface area contributed by atoms with Crippen molar-refractivity contribution in [1.29, 1.82) is 0 Å². The molecule has 0 unspecified atom stereocenters. The summed E-state index contributed by atoms with van der Waals surface area (Å²) >= 11 is 1.65. The van der Waals surface area contributed by atoms with E-state index in [1.807, 2.05) is 30.5 Å². The fourth-order valence-electron chi connectivity index (χ4n) is 2.08. The van der Waals surface area contributed by atoms with Crippen LogP contribution in [0.5, 0.6) is 0 Å². The third kappa shape index (κ3) is 3.08. The van der Waals surface area contributed by atoms with Crippen LogP contribution in [0.25, 0.3) is 0 Å². The van der Waals surface area contributed by atoms with Gasteiger partial charge in [-0.2, -0.15) is 0 Å². The Balaban J connectivity index is 2.08. The summed E-state index contributed by atoms with van der Waals surface area (Å²) in [6.07, 6.45) is 2.22. The minimum Gasteiger partial charge on any atom is -0.312 e. The molecule has 6 heteroatoms. The van der Waals surface area contributed by atoms with Crippen LogP contribution in [0.4, 0.5) is 5.69 Å². The van der Waals surface area contributed by atoms with Gasteiger partial charge in [0.15, 0.2) is 0 Å². The van der Waals surface area contributed by atoms with Gasteiger partial charge in [-0.05, 0) is 30.5 Å². The highest BCUT2D eigenvalue weighted by molar-refractivity contribution is 7.98. The SMILES string of the molecule is CONC(=O)[C@H]1CC(=O)N(c2ccc(SC)cc2)C1. The van der Waals surface area contributed by atoms with Crippen LogP contribution in [0.15, 0.2) is 29.2 Å². The van der Waals surface area contributed by atoms with E-state index in [2.05, 4.69) is 10.3 Å². The molecule has 0 bridgehead atoms. The van der Waals surface area contributed by atoms with Crippen molar-refractivity contribution in [3.8, 4) is 0 Å². The molecular weight excluding hydrogens is 264 g/mol. The minimum absolute atomic E-state index is 0.0341. The van der Waals surface area contributed by atoms with Crippen molar-refractivity contribution < 1.29 is 14.4 Å². The molecule has 0 aromatic heterocycles. The second-order valence-corrected chi connectivity index (χ2v) is 5.15. The summed E-state index contributed by atoms with van der Waals surface area (Å²) in [5.41, 5.74) is 3.11. The van der Waals surface area contributed by atoms with Gasteiger partial charge < -0.3 is 4.90 Å². The van der Waals surface area contributed by atoms with E-state index < -0.39 is 0 Å². The molecule has 19 heavy (non-hydrogen) atoms. The Morgan fingerprint density at radius 3 is 2.68 bits per heavy atom. The van der Waals surface area contributed by atoms with Gasteiger partial charge in [0, 0.05) is 23.5 Å². The largest absolute Gasteiger partial charge is 0.312 e. The number of hydrogen-bond donors (Lipinski definition) is 1. The Kier molecular flexibility index (Phi) is 4.44. The summed E-state index contributed by atoms with van der Waals surface area (Å²) in [7, 11) is 1.38. The number of thioether (sulfide) groups is 1. The van der Waals surface area contributed by atoms with E-state index in [9.17, 15) is 9.59 Å². The number of carbonyl (C=O) groups is 2. The minimum atomic E-state index is -0.354. The zero-order valence-corrected chi connectivity index (χ0v) is 11.7. The second-order valence-electron chi connectivity index (χ2n) is 4.27. The third-order valence-corrected chi connectivity index (χ3v) is 3.83. The number of hydrogen-bond acceptors (Lipinski definition) is 4. The second kappa shape index (κ2) is 6.08. The van der Waals surface area contributed by atoms with Gasteiger partial charge in [0.1, 0.15) is 0 Å². The molecule has 2 rings (SSSR count). The van der Waals surface area contributed by atoms with Crippen LogP contribution in [0.2, 0.25) is 0 Å². The van der Waals surface area contributed by atoms with E-state index in [0.717, 1.165) is 10.6 Å². The first-order valence-corrected chi connectivity index (χ1v) is 7.15. The zero-order valence-electron chi connectivity index (χ0n) is 10.9. The molecule has 1 aromatic rings. The first-order valence-electron chi connectivity index (χ1n) is 5.93. The first-order chi connectivity index (χ1) is 9.15. The normalized spacial score (nSPS) is 18.7. The Hall–Kier alpha value is -1.53. The lowest BCUT2D eigenvalue weighted by Gasteiger charge is -2.16. The van der Waals surface area contributed by atoms with Crippen LogP contribution < -0.4 is 10.4 Å². The van der Waals surface area contributed by atoms with E-state index >= 15 is 0 Å². The van der Waals surface area contributed by atoms with Gasteiger partial charge in [-0.15, -0.1) is 11.8 Å². The van der Waals surface area contributed by atoms with E-state index in [4.69, 9.17) is 0 Å². The van der Waals surface area contributed by atoms with Crippen molar-refractivity contribution in [3.63, 3.8) is 0 Å². The lowest BCUT2D eigenvalue weighted by molar-refractivity contribution is -0.135. The van der Waals surface area contributed by atoms with Gasteiger partial charge >= 0.3 is 0 Å². The number of amides is 2. The van der Waals surface area contributed by atoms with Crippen LogP contribution in [0.1, 0.15) is 6.42 Å². The summed E-state index contributed by atoms with van der Waals surface area (Å²) in [6, 6.07) is 7.74. The van der Waals surface area contributed by atoms with Crippen LogP contribution in [-0.2, 0) is 14.4 Å². The third-order valence-electron chi connectivity index (χ3n) is 3.08. The Bertz CT molecular complexity index is 475. The number of anilines is 1. The highest BCUT2D eigenvalue weighted by atomic mass is 32.2. The van der Waals surface area contributed by atoms with Crippen molar-refractivity contribution in [2.45, 2.75) is 11.3 Å². The zero-order chi connectivity index (χ0) is 13.8. The number of carbonyl (C=O) groups excluding carboxylic acids is 2. The number of hydroxylamine groups is 1. The van der Waals surface area contributed by atoms with Gasteiger partial charge in [0.2, 0.25) is 11.8 Å². The number of nitrogens with one attached hydrogen (secondary N) is 1. The van der Waals surface area contributed by atoms with Crippen molar-refractivity contribution in [2.75, 3.05) is 24.8 Å². The van der Waals surface area contributed by atoms with Gasteiger partial charge in [0.05, 0.1) is 13.0 Å². The molecule has 0 spiro atoms. The van der Waals surface area contributed by atoms with Gasteiger partial charge in [-0.1, -0.05) is 0 Å². The average molecular weight is 280 g/mol. The molecule has 1 aliphatic heterocycles. The molecule has 1 aliphatic rings. The van der Waals surface area contributed by atoms with Gasteiger partial charge in [-0.3, -0.25) is 14.4 Å². The molecule has 1 fully saturated rings. The Morgan fingerprint density at radius 2 is 2.11 bits per heavy atom. The van der Waals surface area contributed by atoms with Crippen molar-refractivity contribution in [2.24, 2.45) is 5.92 Å². The molecule has 1 aromatic carbocycles. The lowest BCUT2D eigenvalue weighted by Crippen LogP contribution is -2.32. The van der Waals surface area contributed by atoms with Crippen molar-refractivity contribution in [1.82, 2.24) is 5.48 Å². The highest BCUT2D eigenvalue weighted by Gasteiger charge is 2.35. The molecule has 1 saturated heterocycles. The molecule has 5 nitrogen and oxygen atoms in total. The molecule has 0 radical (unpaired) electrons. The number of rotatable bonds is 4. The molecular formula is C13H16N2O3S. The maximum Gasteiger partial charge on any atom is 0.248 e. The highest BCUT2D eigenvalue weighted by Crippen LogP contribution is 2.27. The fourth-order valence-corrected chi connectivity index (χ4v) is 2.49. The van der Waals surface area contributed by atoms with Gasteiger partial charge in [0.25, 0.3) is 0 Å². The van der Waals surface area contributed by atoms with E-state index in [1.165, 1.54) is 7.11 Å². The topological polar surface area (TPSA) is 58.6 Å². The molecule has 1 heterocycles. The van der Waals surface area contributed by atoms with Crippen molar-refractivity contribution in [3.05, 3.63) is 24.3 Å². The molecule has 0 saturated carbocycles. The van der Waals surface area contributed by atoms with Crippen LogP contribution in [0.3, 0.4) is 0 Å². The van der Waals surface area contributed by atoms with Crippen LogP contribution in [-0.4, -0.2) is 31.7 Å². The predicted molar refractivity (Wildman–Crippen MR) is 73.8 cm³/mol. The summed E-state index contributed by atoms with van der Waals surface area (Å²) in [4.78, 5) is 31.0. The van der Waals surface area contributed by atoms with Crippen LogP contribution >= 0.6 is 11.8 Å². The number of benzene rings is 1. The Labute approximate surface area is 116 Å². The summed E-state index contributed by atoms with van der Waals surface area (Å²) in [5.74, 6) is -0.639. The quantitative estimate of drug-likeness (QED) is 0.670. The van der Waals surface area contributed by atoms with Gasteiger partial charge in [-0.25, -0.2) is 5.48 Å². The lowest BCUT2D eigenvalue weighted by atomic mass is 10.1. The number of nitrogens with zero attached hydrogens (tertiary/aromatic N) is 1. The summed E-state index contributed by atoms with van der Waals surface area (Å²) < 4.78 is 0. The van der Waals surface area contributed by atoms with Crippen molar-refractivity contribution >= 4 is 29.3 Å². The maximum absolute atomic E-state index is 11.9. The molecule has 2 amide bonds. The average Bonchev–Trinajstić information content (AvgIpc) is 2.81. The smallest absolute Gasteiger partial charge is 0.248 e. The molecule has 1 atom stereocenters. The first kappa shape index (κ1) is 13.9. The monoisotopic (exact) mass is 280 g/mol. The molecule has 1 N–H and O–H groups in total. The van der Waals surface area contributed by atoms with E-state index in [0.29, 0.717) is 6.54 Å².